The standard InChI is InChI=1S/C16H23FN2OS.ClH/c1-12(10-21-14-6-4-13(17)5-7-14)15(20)19-16(11-18)8-2-3-9-16;/h4-7,12H,2-3,8-11,18H2,1H3,(H,19,20);1H. The third-order valence-electron chi connectivity index (χ3n) is 4.10. The first-order valence-corrected chi connectivity index (χ1v) is 8.44. The van der Waals surface area contributed by atoms with Crippen molar-refractivity contribution >= 4 is 30.1 Å². The summed E-state index contributed by atoms with van der Waals surface area (Å²) >= 11 is 1.57. The van der Waals surface area contributed by atoms with Crippen molar-refractivity contribution in [2.24, 2.45) is 11.7 Å². The smallest absolute Gasteiger partial charge is 0.224 e. The van der Waals surface area contributed by atoms with Crippen LogP contribution in [-0.2, 0) is 4.79 Å². The van der Waals surface area contributed by atoms with Crippen molar-refractivity contribution in [2.75, 3.05) is 12.3 Å². The van der Waals surface area contributed by atoms with Crippen molar-refractivity contribution in [3.05, 3.63) is 30.1 Å². The second kappa shape index (κ2) is 8.75. The molecule has 0 spiro atoms. The molecular formula is C16H24ClFN2OS. The summed E-state index contributed by atoms with van der Waals surface area (Å²) in [5, 5.41) is 3.15. The van der Waals surface area contributed by atoms with Crippen LogP contribution in [0.25, 0.3) is 0 Å². The predicted molar refractivity (Wildman–Crippen MR) is 91.9 cm³/mol. The number of hydrogen-bond acceptors (Lipinski definition) is 3. The zero-order chi connectivity index (χ0) is 15.3. The summed E-state index contributed by atoms with van der Waals surface area (Å²) in [6.07, 6.45) is 4.23. The molecule has 1 unspecified atom stereocenters. The van der Waals surface area contributed by atoms with E-state index in [4.69, 9.17) is 5.73 Å². The molecule has 1 fully saturated rings. The van der Waals surface area contributed by atoms with E-state index in [9.17, 15) is 9.18 Å². The van der Waals surface area contributed by atoms with Crippen LogP contribution in [0.3, 0.4) is 0 Å². The second-order valence-electron chi connectivity index (χ2n) is 5.85. The molecule has 3 nitrogen and oxygen atoms in total. The van der Waals surface area contributed by atoms with Crippen LogP contribution in [0.1, 0.15) is 32.6 Å². The molecule has 0 bridgehead atoms. The lowest BCUT2D eigenvalue weighted by Crippen LogP contribution is -2.53. The molecule has 3 N–H and O–H groups in total. The zero-order valence-corrected chi connectivity index (χ0v) is 14.4. The highest BCUT2D eigenvalue weighted by Crippen LogP contribution is 2.29. The van der Waals surface area contributed by atoms with Gasteiger partial charge >= 0.3 is 0 Å². The summed E-state index contributed by atoms with van der Waals surface area (Å²) in [6, 6.07) is 6.36. The van der Waals surface area contributed by atoms with E-state index < -0.39 is 0 Å². The summed E-state index contributed by atoms with van der Waals surface area (Å²) < 4.78 is 12.8. The van der Waals surface area contributed by atoms with E-state index in [1.54, 1.807) is 23.9 Å². The van der Waals surface area contributed by atoms with Crippen LogP contribution in [0.5, 0.6) is 0 Å². The van der Waals surface area contributed by atoms with Gasteiger partial charge in [0.2, 0.25) is 5.91 Å². The van der Waals surface area contributed by atoms with Crippen LogP contribution in [0, 0.1) is 11.7 Å². The highest BCUT2D eigenvalue weighted by atomic mass is 35.5. The number of thioether (sulfide) groups is 1. The fourth-order valence-electron chi connectivity index (χ4n) is 2.64. The van der Waals surface area contributed by atoms with Crippen LogP contribution in [-0.4, -0.2) is 23.7 Å². The third kappa shape index (κ3) is 5.14. The summed E-state index contributed by atoms with van der Waals surface area (Å²) in [4.78, 5) is 13.3. The maximum Gasteiger partial charge on any atom is 0.224 e. The molecular weight excluding hydrogens is 323 g/mol. The minimum Gasteiger partial charge on any atom is -0.349 e. The lowest BCUT2D eigenvalue weighted by Gasteiger charge is -2.30. The minimum atomic E-state index is -0.240. The molecule has 6 heteroatoms. The maximum atomic E-state index is 12.8. The Morgan fingerprint density at radius 3 is 2.50 bits per heavy atom. The van der Waals surface area contributed by atoms with Gasteiger partial charge in [0.1, 0.15) is 5.82 Å². The van der Waals surface area contributed by atoms with Crippen molar-refractivity contribution < 1.29 is 9.18 Å². The average molecular weight is 347 g/mol. The Morgan fingerprint density at radius 2 is 1.95 bits per heavy atom. The van der Waals surface area contributed by atoms with E-state index in [2.05, 4.69) is 5.32 Å². The molecule has 1 saturated carbocycles. The van der Waals surface area contributed by atoms with Gasteiger partial charge in [0.25, 0.3) is 0 Å². The van der Waals surface area contributed by atoms with Gasteiger partial charge in [-0.1, -0.05) is 19.8 Å². The molecule has 0 aromatic heterocycles. The highest BCUT2D eigenvalue weighted by molar-refractivity contribution is 7.99. The topological polar surface area (TPSA) is 55.1 Å². The number of nitrogens with one attached hydrogen (secondary N) is 1. The molecule has 2 rings (SSSR count). The van der Waals surface area contributed by atoms with E-state index in [-0.39, 0.29) is 35.6 Å². The monoisotopic (exact) mass is 346 g/mol. The van der Waals surface area contributed by atoms with Crippen molar-refractivity contribution in [1.82, 2.24) is 5.32 Å². The maximum absolute atomic E-state index is 12.8. The Balaban J connectivity index is 0.00000242. The first-order valence-electron chi connectivity index (χ1n) is 7.45. The molecule has 1 aliphatic rings. The van der Waals surface area contributed by atoms with Gasteiger partial charge in [-0.15, -0.1) is 24.2 Å². The van der Waals surface area contributed by atoms with Gasteiger partial charge in [0.15, 0.2) is 0 Å². The van der Waals surface area contributed by atoms with Gasteiger partial charge in [-0.2, -0.15) is 0 Å². The van der Waals surface area contributed by atoms with Crippen LogP contribution in [0.2, 0.25) is 0 Å². The van der Waals surface area contributed by atoms with Gasteiger partial charge in [-0.25, -0.2) is 4.39 Å². The summed E-state index contributed by atoms with van der Waals surface area (Å²) in [5.41, 5.74) is 5.65. The number of hydrogen-bond donors (Lipinski definition) is 2. The number of carbonyl (C=O) groups excluding carboxylic acids is 1. The molecule has 0 heterocycles. The molecule has 0 aliphatic heterocycles. The van der Waals surface area contributed by atoms with Crippen molar-refractivity contribution in [2.45, 2.75) is 43.0 Å². The number of carbonyl (C=O) groups is 1. The fourth-order valence-corrected chi connectivity index (χ4v) is 3.57. The Labute approximate surface area is 142 Å². The van der Waals surface area contributed by atoms with E-state index >= 15 is 0 Å². The van der Waals surface area contributed by atoms with E-state index in [1.165, 1.54) is 12.1 Å². The number of amides is 1. The highest BCUT2D eigenvalue weighted by Gasteiger charge is 2.34. The molecule has 124 valence electrons. The number of nitrogens with two attached hydrogens (primary N) is 1. The van der Waals surface area contributed by atoms with Crippen molar-refractivity contribution in [3.63, 3.8) is 0 Å². The Bertz CT molecular complexity index is 478. The lowest BCUT2D eigenvalue weighted by molar-refractivity contribution is -0.125. The molecule has 1 amide bonds. The molecule has 1 aromatic carbocycles. The van der Waals surface area contributed by atoms with Crippen LogP contribution >= 0.6 is 24.2 Å². The Kier molecular flexibility index (Phi) is 7.66. The average Bonchev–Trinajstić information content (AvgIpc) is 2.95. The van der Waals surface area contributed by atoms with E-state index in [0.29, 0.717) is 12.3 Å². The molecule has 1 atom stereocenters. The molecule has 1 aliphatic carbocycles. The SMILES string of the molecule is CC(CSc1ccc(F)cc1)C(=O)NC1(CN)CCCC1.Cl. The quantitative estimate of drug-likeness (QED) is 0.776. The van der Waals surface area contributed by atoms with Crippen LogP contribution in [0.15, 0.2) is 29.2 Å². The number of benzene rings is 1. The van der Waals surface area contributed by atoms with E-state index in [1.807, 2.05) is 6.92 Å². The Hall–Kier alpha value is -0.780. The lowest BCUT2D eigenvalue weighted by atomic mass is 9.97. The summed E-state index contributed by atoms with van der Waals surface area (Å²) in [6.45, 7) is 2.43. The minimum absolute atomic E-state index is 0. The van der Waals surface area contributed by atoms with Gasteiger partial charge in [-0.05, 0) is 37.1 Å². The van der Waals surface area contributed by atoms with Gasteiger partial charge in [0, 0.05) is 23.1 Å². The van der Waals surface area contributed by atoms with Gasteiger partial charge in [-0.3, -0.25) is 4.79 Å². The van der Waals surface area contributed by atoms with Crippen molar-refractivity contribution in [3.8, 4) is 0 Å². The predicted octanol–water partition coefficient (Wildman–Crippen LogP) is 3.36. The molecule has 0 saturated heterocycles. The normalized spacial score (nSPS) is 17.6. The third-order valence-corrected chi connectivity index (χ3v) is 5.37. The van der Waals surface area contributed by atoms with Gasteiger partial charge < -0.3 is 11.1 Å². The van der Waals surface area contributed by atoms with E-state index in [0.717, 1.165) is 30.6 Å². The number of rotatable bonds is 6. The molecule has 1 aromatic rings. The Morgan fingerprint density at radius 1 is 1.36 bits per heavy atom. The fraction of sp³-hybridized carbons (Fsp3) is 0.562. The largest absolute Gasteiger partial charge is 0.349 e. The number of halogens is 2. The molecule has 22 heavy (non-hydrogen) atoms. The van der Waals surface area contributed by atoms with Gasteiger partial charge in [0.05, 0.1) is 5.54 Å². The van der Waals surface area contributed by atoms with Crippen LogP contribution in [0.4, 0.5) is 4.39 Å². The first kappa shape index (κ1) is 19.3. The first-order chi connectivity index (χ1) is 10.0. The van der Waals surface area contributed by atoms with Crippen molar-refractivity contribution in [1.29, 1.82) is 0 Å². The summed E-state index contributed by atoms with van der Waals surface area (Å²) in [5.74, 6) is 0.412. The second-order valence-corrected chi connectivity index (χ2v) is 6.94. The van der Waals surface area contributed by atoms with Crippen LogP contribution < -0.4 is 11.1 Å². The zero-order valence-electron chi connectivity index (χ0n) is 12.8. The summed E-state index contributed by atoms with van der Waals surface area (Å²) in [7, 11) is 0. The molecule has 0 radical (unpaired) electrons.